The Kier molecular flexibility index (Phi) is 7.65. The van der Waals surface area contributed by atoms with Gasteiger partial charge in [-0.05, 0) is 35.3 Å². The fourth-order valence-electron chi connectivity index (χ4n) is 2.59. The predicted octanol–water partition coefficient (Wildman–Crippen LogP) is 4.12. The quantitative estimate of drug-likeness (QED) is 0.530. The Hall–Kier alpha value is -2.56. The zero-order valence-corrected chi connectivity index (χ0v) is 16.3. The van der Waals surface area contributed by atoms with Crippen molar-refractivity contribution in [3.63, 3.8) is 0 Å². The van der Waals surface area contributed by atoms with Gasteiger partial charge in [0.15, 0.2) is 0 Å². The summed E-state index contributed by atoms with van der Waals surface area (Å²) in [6, 6.07) is 14.8. The van der Waals surface area contributed by atoms with Crippen LogP contribution in [-0.2, 0) is 22.5 Å². The first kappa shape index (κ1) is 20.7. The molecular weight excluding hydrogens is 362 g/mol. The summed E-state index contributed by atoms with van der Waals surface area (Å²) in [4.78, 5) is 12.4. The Morgan fingerprint density at radius 3 is 2.74 bits per heavy atom. The second kappa shape index (κ2) is 9.95. The third-order valence-corrected chi connectivity index (χ3v) is 4.57. The van der Waals surface area contributed by atoms with Crippen molar-refractivity contribution >= 4 is 23.1 Å². The van der Waals surface area contributed by atoms with Gasteiger partial charge in [-0.2, -0.15) is 0 Å². The van der Waals surface area contributed by atoms with Gasteiger partial charge in [0.2, 0.25) is 0 Å². The number of benzene rings is 2. The number of carbonyl (C=O) groups is 1. The lowest BCUT2D eigenvalue weighted by Gasteiger charge is -2.13. The Morgan fingerprint density at radius 2 is 2.04 bits per heavy atom. The lowest BCUT2D eigenvalue weighted by Crippen LogP contribution is -2.23. The molecule has 0 saturated heterocycles. The van der Waals surface area contributed by atoms with E-state index in [0.717, 1.165) is 16.7 Å². The van der Waals surface area contributed by atoms with Crippen molar-refractivity contribution in [2.75, 3.05) is 7.11 Å². The Morgan fingerprint density at radius 1 is 1.30 bits per heavy atom. The number of aliphatic hydroxyl groups is 1. The largest absolute Gasteiger partial charge is 0.504 e. The number of methoxy groups -OCH3 is 1. The van der Waals surface area contributed by atoms with Crippen molar-refractivity contribution in [1.29, 1.82) is 0 Å². The van der Waals surface area contributed by atoms with E-state index in [1.165, 1.54) is 6.26 Å². The second-order valence-electron chi connectivity index (χ2n) is 6.27. The number of halogens is 1. The molecular formula is C22H24ClNO3. The molecule has 2 aromatic rings. The van der Waals surface area contributed by atoms with Crippen LogP contribution in [0.15, 0.2) is 66.9 Å². The van der Waals surface area contributed by atoms with E-state index in [-0.39, 0.29) is 5.91 Å². The summed E-state index contributed by atoms with van der Waals surface area (Å²) < 4.78 is 4.93. The van der Waals surface area contributed by atoms with E-state index in [1.54, 1.807) is 20.1 Å². The van der Waals surface area contributed by atoms with Crippen LogP contribution in [0.3, 0.4) is 0 Å². The van der Waals surface area contributed by atoms with Gasteiger partial charge in [-0.15, -0.1) is 0 Å². The first-order chi connectivity index (χ1) is 12.9. The minimum Gasteiger partial charge on any atom is -0.504 e. The van der Waals surface area contributed by atoms with Crippen molar-refractivity contribution in [2.45, 2.75) is 26.0 Å². The number of amides is 1. The molecule has 1 unspecified atom stereocenters. The minimum atomic E-state index is -0.650. The normalized spacial score (nSPS) is 12.4. The topological polar surface area (TPSA) is 58.6 Å². The van der Waals surface area contributed by atoms with Crippen molar-refractivity contribution in [1.82, 2.24) is 5.32 Å². The number of rotatable bonds is 8. The van der Waals surface area contributed by atoms with Gasteiger partial charge in [0, 0.05) is 23.6 Å². The number of aliphatic hydroxyl groups excluding tert-OH is 1. The van der Waals surface area contributed by atoms with E-state index in [9.17, 15) is 9.90 Å². The molecule has 0 heterocycles. The summed E-state index contributed by atoms with van der Waals surface area (Å²) in [5.41, 5.74) is 3.56. The molecule has 0 bridgehead atoms. The van der Waals surface area contributed by atoms with Gasteiger partial charge in [0.05, 0.1) is 19.5 Å². The highest BCUT2D eigenvalue weighted by atomic mass is 35.5. The van der Waals surface area contributed by atoms with Crippen molar-refractivity contribution < 1.29 is 14.6 Å². The number of hydrogen-bond acceptors (Lipinski definition) is 3. The molecule has 2 rings (SSSR count). The Balaban J connectivity index is 2.02. The molecule has 1 atom stereocenters. The Bertz CT molecular complexity index is 845. The Labute approximate surface area is 165 Å². The third-order valence-electron chi connectivity index (χ3n) is 4.21. The zero-order chi connectivity index (χ0) is 19.8. The fourth-order valence-corrected chi connectivity index (χ4v) is 2.79. The van der Waals surface area contributed by atoms with Gasteiger partial charge in [-0.1, -0.05) is 60.6 Å². The summed E-state index contributed by atoms with van der Waals surface area (Å²) in [5.74, 6) is -0.261. The van der Waals surface area contributed by atoms with Crippen molar-refractivity contribution in [2.24, 2.45) is 0 Å². The highest BCUT2D eigenvalue weighted by Gasteiger charge is 2.13. The smallest absolute Gasteiger partial charge is 0.251 e. The number of hydrogen-bond donors (Lipinski definition) is 2. The molecule has 142 valence electrons. The summed E-state index contributed by atoms with van der Waals surface area (Å²) in [5, 5.41) is 13.7. The summed E-state index contributed by atoms with van der Waals surface area (Å²) in [6.45, 7) is 6.04. The maximum atomic E-state index is 12.4. The van der Waals surface area contributed by atoms with Crippen LogP contribution < -0.4 is 5.32 Å². The van der Waals surface area contributed by atoms with E-state index >= 15 is 0 Å². The fraction of sp³-hybridized carbons (Fsp3) is 0.227. The number of ether oxygens (including phenoxy) is 1. The molecule has 2 N–H and O–H groups in total. The molecule has 0 saturated carbocycles. The molecule has 27 heavy (non-hydrogen) atoms. The maximum absolute atomic E-state index is 12.4. The summed E-state index contributed by atoms with van der Waals surface area (Å²) in [6.07, 6.45) is 1.30. The van der Waals surface area contributed by atoms with Gasteiger partial charge < -0.3 is 15.2 Å². The molecule has 0 aromatic heterocycles. The van der Waals surface area contributed by atoms with E-state index in [2.05, 4.69) is 11.9 Å². The average Bonchev–Trinajstić information content (AvgIpc) is 2.67. The van der Waals surface area contributed by atoms with Gasteiger partial charge in [-0.25, -0.2) is 0 Å². The summed E-state index contributed by atoms with van der Waals surface area (Å²) >= 11 is 6.11. The lowest BCUT2D eigenvalue weighted by atomic mass is 9.98. The molecule has 0 aliphatic carbocycles. The van der Waals surface area contributed by atoms with Crippen LogP contribution in [0, 0.1) is 0 Å². The zero-order valence-electron chi connectivity index (χ0n) is 15.5. The average molecular weight is 386 g/mol. The highest BCUT2D eigenvalue weighted by molar-refractivity contribution is 6.31. The van der Waals surface area contributed by atoms with Gasteiger partial charge in [0.25, 0.3) is 5.91 Å². The number of carbonyl (C=O) groups excluding carboxylic acids is 1. The summed E-state index contributed by atoms with van der Waals surface area (Å²) in [7, 11) is 1.54. The second-order valence-corrected chi connectivity index (χ2v) is 6.68. The molecule has 5 heteroatoms. The van der Waals surface area contributed by atoms with Crippen LogP contribution >= 0.6 is 11.6 Å². The first-order valence-electron chi connectivity index (χ1n) is 8.59. The lowest BCUT2D eigenvalue weighted by molar-refractivity contribution is -0.115. The molecule has 2 aromatic carbocycles. The van der Waals surface area contributed by atoms with Crippen LogP contribution in [0.2, 0.25) is 5.02 Å². The monoisotopic (exact) mass is 385 g/mol. The SMILES string of the molecule is C=C(C(=O)NCc1ccccc1Cl)c1cccc(CC(O)/C(C)=C/OC)c1. The maximum Gasteiger partial charge on any atom is 0.251 e. The van der Waals surface area contributed by atoms with E-state index in [0.29, 0.717) is 29.1 Å². The first-order valence-corrected chi connectivity index (χ1v) is 8.97. The molecule has 0 aliphatic rings. The van der Waals surface area contributed by atoms with Crippen LogP contribution in [0.5, 0.6) is 0 Å². The van der Waals surface area contributed by atoms with Gasteiger partial charge in [0.1, 0.15) is 0 Å². The third kappa shape index (κ3) is 5.98. The molecule has 0 spiro atoms. The van der Waals surface area contributed by atoms with E-state index < -0.39 is 6.10 Å². The van der Waals surface area contributed by atoms with Crippen LogP contribution in [0.4, 0.5) is 0 Å². The van der Waals surface area contributed by atoms with Gasteiger partial charge >= 0.3 is 0 Å². The predicted molar refractivity (Wildman–Crippen MR) is 109 cm³/mol. The van der Waals surface area contributed by atoms with E-state index in [4.69, 9.17) is 16.3 Å². The van der Waals surface area contributed by atoms with E-state index in [1.807, 2.05) is 42.5 Å². The molecule has 0 aliphatic heterocycles. The molecule has 0 fully saturated rings. The molecule has 4 nitrogen and oxygen atoms in total. The van der Waals surface area contributed by atoms with Crippen molar-refractivity contribution in [3.8, 4) is 0 Å². The number of nitrogens with one attached hydrogen (secondary N) is 1. The molecule has 0 radical (unpaired) electrons. The van der Waals surface area contributed by atoms with Crippen LogP contribution in [0.1, 0.15) is 23.6 Å². The van der Waals surface area contributed by atoms with Crippen molar-refractivity contribution in [3.05, 3.63) is 88.7 Å². The van der Waals surface area contributed by atoms with Crippen LogP contribution in [-0.4, -0.2) is 24.2 Å². The van der Waals surface area contributed by atoms with Gasteiger partial charge in [-0.3, -0.25) is 4.79 Å². The molecule has 1 amide bonds. The minimum absolute atomic E-state index is 0.261. The highest BCUT2D eigenvalue weighted by Crippen LogP contribution is 2.18. The van der Waals surface area contributed by atoms with Crippen LogP contribution in [0.25, 0.3) is 5.57 Å². The standard InChI is InChI=1S/C22H24ClNO3/c1-15(14-27-3)21(25)12-17-7-6-9-18(11-17)16(2)22(26)24-13-19-8-4-5-10-20(19)23/h4-11,14,21,25H,2,12-13H2,1,3H3,(H,24,26)/b15-14+.